The van der Waals surface area contributed by atoms with Gasteiger partial charge in [-0.2, -0.15) is 4.31 Å². The maximum Gasteiger partial charge on any atom is 0.243 e. The number of hydrogen-bond donors (Lipinski definition) is 1. The zero-order valence-corrected chi connectivity index (χ0v) is 12.9. The minimum atomic E-state index is -3.53. The average Bonchev–Trinajstić information content (AvgIpc) is 2.91. The van der Waals surface area contributed by atoms with E-state index < -0.39 is 10.0 Å². The predicted molar refractivity (Wildman–Crippen MR) is 76.0 cm³/mol. The predicted octanol–water partition coefficient (Wildman–Crippen LogP) is 1.21. The van der Waals surface area contributed by atoms with Gasteiger partial charge in [0.05, 0.1) is 17.6 Å². The van der Waals surface area contributed by atoms with Gasteiger partial charge in [-0.15, -0.1) is 0 Å². The summed E-state index contributed by atoms with van der Waals surface area (Å²) in [6.07, 6.45) is 0.681. The number of sulfonamides is 1. The maximum atomic E-state index is 12.7. The minimum absolute atomic E-state index is 0.0350. The zero-order valence-electron chi connectivity index (χ0n) is 12.1. The molecule has 1 atom stereocenters. The molecule has 0 aliphatic carbocycles. The van der Waals surface area contributed by atoms with Crippen LogP contribution in [0, 0.1) is 13.8 Å². The Labute approximate surface area is 120 Å². The third-order valence-corrected chi connectivity index (χ3v) is 5.91. The number of methoxy groups -OCH3 is 1. The van der Waals surface area contributed by atoms with Gasteiger partial charge in [0.25, 0.3) is 0 Å². The topological polar surface area (TPSA) is 66.8 Å². The van der Waals surface area contributed by atoms with Crippen LogP contribution in [0.1, 0.15) is 23.1 Å². The van der Waals surface area contributed by atoms with Gasteiger partial charge in [-0.1, -0.05) is 6.07 Å². The summed E-state index contributed by atoms with van der Waals surface area (Å²) < 4.78 is 32.1. The SMILES string of the molecule is COC1CCN(S(=O)(=O)c2cc(CO)cc(C)c2C)C1. The largest absolute Gasteiger partial charge is 0.392 e. The number of aliphatic hydroxyl groups is 1. The van der Waals surface area contributed by atoms with Crippen LogP contribution in [-0.4, -0.2) is 44.1 Å². The van der Waals surface area contributed by atoms with Crippen LogP contribution in [0.5, 0.6) is 0 Å². The van der Waals surface area contributed by atoms with Crippen LogP contribution in [0.15, 0.2) is 17.0 Å². The van der Waals surface area contributed by atoms with E-state index in [-0.39, 0.29) is 12.7 Å². The Bertz CT molecular complexity index is 597. The molecular formula is C14H21NO4S. The van der Waals surface area contributed by atoms with Crippen molar-refractivity contribution in [2.45, 2.75) is 37.9 Å². The van der Waals surface area contributed by atoms with Crippen LogP contribution in [0.3, 0.4) is 0 Å². The molecule has 0 spiro atoms. The number of aliphatic hydroxyl groups excluding tert-OH is 1. The lowest BCUT2D eigenvalue weighted by Gasteiger charge is -2.19. The molecule has 0 bridgehead atoms. The van der Waals surface area contributed by atoms with E-state index >= 15 is 0 Å². The second-order valence-electron chi connectivity index (χ2n) is 5.20. The molecule has 1 unspecified atom stereocenters. The molecule has 0 aromatic heterocycles. The van der Waals surface area contributed by atoms with E-state index in [2.05, 4.69) is 0 Å². The third-order valence-electron chi connectivity index (χ3n) is 3.92. The molecule has 1 saturated heterocycles. The first-order valence-electron chi connectivity index (χ1n) is 6.64. The molecule has 0 amide bonds. The zero-order chi connectivity index (χ0) is 14.9. The van der Waals surface area contributed by atoms with Gasteiger partial charge in [0, 0.05) is 20.2 Å². The number of rotatable bonds is 4. The summed E-state index contributed by atoms with van der Waals surface area (Å²) in [5, 5.41) is 9.26. The van der Waals surface area contributed by atoms with Crippen molar-refractivity contribution in [3.05, 3.63) is 28.8 Å². The lowest BCUT2D eigenvalue weighted by atomic mass is 10.1. The van der Waals surface area contributed by atoms with Gasteiger partial charge in [-0.05, 0) is 43.0 Å². The Morgan fingerprint density at radius 1 is 1.40 bits per heavy atom. The highest BCUT2D eigenvalue weighted by Crippen LogP contribution is 2.27. The van der Waals surface area contributed by atoms with Crippen molar-refractivity contribution in [3.63, 3.8) is 0 Å². The first kappa shape index (κ1) is 15.4. The van der Waals surface area contributed by atoms with Gasteiger partial charge in [-0.25, -0.2) is 8.42 Å². The van der Waals surface area contributed by atoms with Crippen molar-refractivity contribution in [3.8, 4) is 0 Å². The van der Waals surface area contributed by atoms with Crippen LogP contribution in [0.25, 0.3) is 0 Å². The summed E-state index contributed by atoms with van der Waals surface area (Å²) in [6, 6.07) is 3.38. The Morgan fingerprint density at radius 2 is 2.10 bits per heavy atom. The van der Waals surface area contributed by atoms with E-state index in [1.165, 1.54) is 4.31 Å². The fraction of sp³-hybridized carbons (Fsp3) is 0.571. The molecule has 1 heterocycles. The Hall–Kier alpha value is -0.950. The molecular weight excluding hydrogens is 278 g/mol. The summed E-state index contributed by atoms with van der Waals surface area (Å²) in [7, 11) is -1.93. The van der Waals surface area contributed by atoms with Crippen LogP contribution < -0.4 is 0 Å². The van der Waals surface area contributed by atoms with Gasteiger partial charge < -0.3 is 9.84 Å². The Balaban J connectivity index is 2.42. The Kier molecular flexibility index (Phi) is 4.49. The summed E-state index contributed by atoms with van der Waals surface area (Å²) >= 11 is 0. The summed E-state index contributed by atoms with van der Waals surface area (Å²) in [6.45, 7) is 4.36. The molecule has 6 heteroatoms. The number of hydrogen-bond acceptors (Lipinski definition) is 4. The van der Waals surface area contributed by atoms with Crippen molar-refractivity contribution in [2.75, 3.05) is 20.2 Å². The number of ether oxygens (including phenoxy) is 1. The highest BCUT2D eigenvalue weighted by Gasteiger charge is 2.33. The summed E-state index contributed by atoms with van der Waals surface area (Å²) in [5.74, 6) is 0. The molecule has 2 rings (SSSR count). The Morgan fingerprint density at radius 3 is 2.65 bits per heavy atom. The average molecular weight is 299 g/mol. The van der Waals surface area contributed by atoms with Crippen molar-refractivity contribution >= 4 is 10.0 Å². The second kappa shape index (κ2) is 5.81. The van der Waals surface area contributed by atoms with Crippen LogP contribution in [0.2, 0.25) is 0 Å². The van der Waals surface area contributed by atoms with E-state index in [4.69, 9.17) is 4.74 Å². The smallest absolute Gasteiger partial charge is 0.243 e. The van der Waals surface area contributed by atoms with Crippen LogP contribution >= 0.6 is 0 Å². The molecule has 0 radical (unpaired) electrons. The summed E-state index contributed by atoms with van der Waals surface area (Å²) in [4.78, 5) is 0.290. The van der Waals surface area contributed by atoms with Crippen molar-refractivity contribution < 1.29 is 18.3 Å². The van der Waals surface area contributed by atoms with E-state index in [0.29, 0.717) is 30.0 Å². The van der Waals surface area contributed by atoms with E-state index in [1.807, 2.05) is 13.0 Å². The summed E-state index contributed by atoms with van der Waals surface area (Å²) in [5.41, 5.74) is 2.23. The fourth-order valence-corrected chi connectivity index (χ4v) is 4.34. The van der Waals surface area contributed by atoms with Gasteiger partial charge in [0.2, 0.25) is 10.0 Å². The van der Waals surface area contributed by atoms with Crippen molar-refractivity contribution in [1.82, 2.24) is 4.31 Å². The van der Waals surface area contributed by atoms with Crippen LogP contribution in [0.4, 0.5) is 0 Å². The van der Waals surface area contributed by atoms with E-state index in [1.54, 1.807) is 20.1 Å². The van der Waals surface area contributed by atoms with Crippen molar-refractivity contribution in [1.29, 1.82) is 0 Å². The molecule has 1 fully saturated rings. The van der Waals surface area contributed by atoms with Crippen LogP contribution in [-0.2, 0) is 21.4 Å². The van der Waals surface area contributed by atoms with E-state index in [0.717, 1.165) is 11.1 Å². The van der Waals surface area contributed by atoms with Gasteiger partial charge in [0.1, 0.15) is 0 Å². The molecule has 1 aliphatic rings. The molecule has 1 N–H and O–H groups in total. The number of benzene rings is 1. The molecule has 112 valence electrons. The number of nitrogens with zero attached hydrogens (tertiary/aromatic N) is 1. The standard InChI is InChI=1S/C14H21NO4S/c1-10-6-12(9-16)7-14(11(10)2)20(17,18)15-5-4-13(8-15)19-3/h6-7,13,16H,4-5,8-9H2,1-3H3. The molecule has 0 saturated carbocycles. The molecule has 1 aromatic rings. The molecule has 1 aliphatic heterocycles. The third kappa shape index (κ3) is 2.74. The molecule has 20 heavy (non-hydrogen) atoms. The van der Waals surface area contributed by atoms with Crippen molar-refractivity contribution in [2.24, 2.45) is 0 Å². The number of aryl methyl sites for hydroxylation is 1. The minimum Gasteiger partial charge on any atom is -0.392 e. The first-order valence-corrected chi connectivity index (χ1v) is 8.08. The molecule has 1 aromatic carbocycles. The highest BCUT2D eigenvalue weighted by molar-refractivity contribution is 7.89. The highest BCUT2D eigenvalue weighted by atomic mass is 32.2. The first-order chi connectivity index (χ1) is 9.40. The second-order valence-corrected chi connectivity index (χ2v) is 7.11. The normalized spacial score (nSPS) is 20.5. The monoisotopic (exact) mass is 299 g/mol. The van der Waals surface area contributed by atoms with E-state index in [9.17, 15) is 13.5 Å². The lowest BCUT2D eigenvalue weighted by Crippen LogP contribution is -2.30. The van der Waals surface area contributed by atoms with Gasteiger partial charge in [0.15, 0.2) is 0 Å². The quantitative estimate of drug-likeness (QED) is 0.907. The van der Waals surface area contributed by atoms with Gasteiger partial charge >= 0.3 is 0 Å². The van der Waals surface area contributed by atoms with Gasteiger partial charge in [-0.3, -0.25) is 0 Å². The maximum absolute atomic E-state index is 12.7. The molecule has 5 nitrogen and oxygen atoms in total. The lowest BCUT2D eigenvalue weighted by molar-refractivity contribution is 0.115. The fourth-order valence-electron chi connectivity index (χ4n) is 2.51.